The minimum atomic E-state index is -0.210. The number of hydrogen-bond acceptors (Lipinski definition) is 3. The standard InChI is InChI=1S/C6H10N2O3/c1-7-5(9)3-11-4-6(10)8(7)2/h3-4H2,1-2H3. The van der Waals surface area contributed by atoms with Crippen molar-refractivity contribution in [3.63, 3.8) is 0 Å². The maximum Gasteiger partial charge on any atom is 0.266 e. The molecule has 2 amide bonds. The van der Waals surface area contributed by atoms with Gasteiger partial charge in [0.25, 0.3) is 11.8 Å². The molecule has 1 heterocycles. The average Bonchev–Trinajstić information content (AvgIpc) is 2.07. The quantitative estimate of drug-likeness (QED) is 0.447. The van der Waals surface area contributed by atoms with Crippen molar-refractivity contribution >= 4 is 11.8 Å². The Labute approximate surface area is 64.5 Å². The zero-order valence-electron chi connectivity index (χ0n) is 6.53. The molecule has 5 heteroatoms. The van der Waals surface area contributed by atoms with Crippen molar-refractivity contribution in [2.75, 3.05) is 27.3 Å². The Morgan fingerprint density at radius 3 is 1.82 bits per heavy atom. The number of likely N-dealkylation sites (N-methyl/N-ethyl adjacent to an activating group) is 2. The highest BCUT2D eigenvalue weighted by Crippen LogP contribution is 1.98. The Bertz CT molecular complexity index is 172. The summed E-state index contributed by atoms with van der Waals surface area (Å²) in [6.07, 6.45) is 0. The molecule has 0 spiro atoms. The lowest BCUT2D eigenvalue weighted by Gasteiger charge is -2.24. The number of amides is 2. The molecule has 1 saturated heterocycles. The van der Waals surface area contributed by atoms with Crippen LogP contribution in [-0.4, -0.2) is 49.1 Å². The zero-order chi connectivity index (χ0) is 8.43. The molecule has 1 rings (SSSR count). The van der Waals surface area contributed by atoms with E-state index in [1.54, 1.807) is 0 Å². The number of hydrazine groups is 1. The Balaban J connectivity index is 2.73. The van der Waals surface area contributed by atoms with E-state index in [2.05, 4.69) is 0 Å². The van der Waals surface area contributed by atoms with Gasteiger partial charge in [0.05, 0.1) is 0 Å². The predicted octanol–water partition coefficient (Wildman–Crippen LogP) is -1.15. The van der Waals surface area contributed by atoms with Crippen LogP contribution in [0, 0.1) is 0 Å². The van der Waals surface area contributed by atoms with Gasteiger partial charge >= 0.3 is 0 Å². The summed E-state index contributed by atoms with van der Waals surface area (Å²) in [5.74, 6) is -0.420. The van der Waals surface area contributed by atoms with Gasteiger partial charge in [0.15, 0.2) is 0 Å². The van der Waals surface area contributed by atoms with Crippen LogP contribution in [0.3, 0.4) is 0 Å². The monoisotopic (exact) mass is 158 g/mol. The lowest BCUT2D eigenvalue weighted by Crippen LogP contribution is -2.44. The van der Waals surface area contributed by atoms with Crippen molar-refractivity contribution in [3.8, 4) is 0 Å². The molecule has 0 saturated carbocycles. The first-order valence-electron chi connectivity index (χ1n) is 3.23. The number of nitrogens with zero attached hydrogens (tertiary/aromatic N) is 2. The summed E-state index contributed by atoms with van der Waals surface area (Å²) in [4.78, 5) is 22.0. The highest BCUT2D eigenvalue weighted by Gasteiger charge is 2.22. The summed E-state index contributed by atoms with van der Waals surface area (Å²) >= 11 is 0. The van der Waals surface area contributed by atoms with E-state index in [1.807, 2.05) is 0 Å². The Kier molecular flexibility index (Phi) is 2.09. The first-order valence-corrected chi connectivity index (χ1v) is 3.23. The van der Waals surface area contributed by atoms with Crippen LogP contribution in [0.4, 0.5) is 0 Å². The van der Waals surface area contributed by atoms with Crippen molar-refractivity contribution < 1.29 is 14.3 Å². The molecule has 0 unspecified atom stereocenters. The first-order chi connectivity index (χ1) is 5.13. The Morgan fingerprint density at radius 1 is 1.09 bits per heavy atom. The van der Waals surface area contributed by atoms with E-state index in [0.29, 0.717) is 0 Å². The second kappa shape index (κ2) is 2.87. The number of carbonyl (C=O) groups is 2. The molecule has 1 aliphatic heterocycles. The summed E-state index contributed by atoms with van der Waals surface area (Å²) in [6.45, 7) is -0.0425. The second-order valence-corrected chi connectivity index (χ2v) is 2.33. The Hall–Kier alpha value is -1.10. The smallest absolute Gasteiger partial charge is 0.266 e. The van der Waals surface area contributed by atoms with Crippen LogP contribution in [-0.2, 0) is 14.3 Å². The molecule has 62 valence electrons. The molecule has 0 aromatic carbocycles. The second-order valence-electron chi connectivity index (χ2n) is 2.33. The SMILES string of the molecule is CN1C(=O)COCC(=O)N1C. The molecule has 5 nitrogen and oxygen atoms in total. The fraction of sp³-hybridized carbons (Fsp3) is 0.667. The summed E-state index contributed by atoms with van der Waals surface area (Å²) in [7, 11) is 3.07. The van der Waals surface area contributed by atoms with Gasteiger partial charge in [-0.05, 0) is 0 Å². The third-order valence-electron chi connectivity index (χ3n) is 1.62. The molecular weight excluding hydrogens is 148 g/mol. The minimum Gasteiger partial charge on any atom is -0.362 e. The molecule has 0 aromatic heterocycles. The summed E-state index contributed by atoms with van der Waals surface area (Å²) in [5.41, 5.74) is 0. The van der Waals surface area contributed by atoms with E-state index < -0.39 is 0 Å². The van der Waals surface area contributed by atoms with Crippen LogP contribution >= 0.6 is 0 Å². The zero-order valence-corrected chi connectivity index (χ0v) is 6.53. The van der Waals surface area contributed by atoms with Crippen LogP contribution in [0.15, 0.2) is 0 Å². The van der Waals surface area contributed by atoms with E-state index in [9.17, 15) is 9.59 Å². The molecule has 1 aliphatic rings. The van der Waals surface area contributed by atoms with Gasteiger partial charge in [0, 0.05) is 14.1 Å². The summed E-state index contributed by atoms with van der Waals surface area (Å²) in [6, 6.07) is 0. The topological polar surface area (TPSA) is 49.9 Å². The summed E-state index contributed by atoms with van der Waals surface area (Å²) < 4.78 is 4.78. The maximum atomic E-state index is 11.0. The highest BCUT2D eigenvalue weighted by molar-refractivity contribution is 5.84. The van der Waals surface area contributed by atoms with E-state index in [4.69, 9.17) is 4.74 Å². The van der Waals surface area contributed by atoms with Gasteiger partial charge in [-0.25, -0.2) is 0 Å². The number of rotatable bonds is 0. The van der Waals surface area contributed by atoms with Crippen LogP contribution in [0.25, 0.3) is 0 Å². The molecule has 0 aromatic rings. The van der Waals surface area contributed by atoms with Gasteiger partial charge in [0.1, 0.15) is 13.2 Å². The van der Waals surface area contributed by atoms with Gasteiger partial charge in [-0.1, -0.05) is 0 Å². The van der Waals surface area contributed by atoms with Crippen LogP contribution in [0.2, 0.25) is 0 Å². The fourth-order valence-corrected chi connectivity index (χ4v) is 0.747. The molecule has 1 fully saturated rings. The van der Waals surface area contributed by atoms with Crippen molar-refractivity contribution in [3.05, 3.63) is 0 Å². The van der Waals surface area contributed by atoms with E-state index >= 15 is 0 Å². The third-order valence-corrected chi connectivity index (χ3v) is 1.62. The van der Waals surface area contributed by atoms with Crippen molar-refractivity contribution in [1.29, 1.82) is 0 Å². The van der Waals surface area contributed by atoms with Gasteiger partial charge in [-0.3, -0.25) is 19.6 Å². The Morgan fingerprint density at radius 2 is 1.45 bits per heavy atom. The van der Waals surface area contributed by atoms with E-state index in [1.165, 1.54) is 24.1 Å². The molecule has 11 heavy (non-hydrogen) atoms. The number of hydrogen-bond donors (Lipinski definition) is 0. The average molecular weight is 158 g/mol. The van der Waals surface area contributed by atoms with Crippen molar-refractivity contribution in [2.45, 2.75) is 0 Å². The molecule has 0 atom stereocenters. The molecular formula is C6H10N2O3. The third kappa shape index (κ3) is 1.48. The van der Waals surface area contributed by atoms with Gasteiger partial charge in [-0.15, -0.1) is 0 Å². The first kappa shape index (κ1) is 8.00. The predicted molar refractivity (Wildman–Crippen MR) is 36.4 cm³/mol. The van der Waals surface area contributed by atoms with Gasteiger partial charge in [0.2, 0.25) is 0 Å². The van der Waals surface area contributed by atoms with Gasteiger partial charge < -0.3 is 4.74 Å². The lowest BCUT2D eigenvalue weighted by molar-refractivity contribution is -0.153. The molecule has 0 radical (unpaired) electrons. The summed E-state index contributed by atoms with van der Waals surface area (Å²) in [5, 5.41) is 2.49. The minimum absolute atomic E-state index is 0.0213. The van der Waals surface area contributed by atoms with Crippen LogP contribution in [0.5, 0.6) is 0 Å². The molecule has 0 N–H and O–H groups in total. The molecule has 0 bridgehead atoms. The lowest BCUT2D eigenvalue weighted by atomic mass is 10.6. The number of ether oxygens (including phenoxy) is 1. The maximum absolute atomic E-state index is 11.0. The number of carbonyl (C=O) groups excluding carboxylic acids is 2. The van der Waals surface area contributed by atoms with Crippen molar-refractivity contribution in [2.24, 2.45) is 0 Å². The van der Waals surface area contributed by atoms with Crippen molar-refractivity contribution in [1.82, 2.24) is 10.0 Å². The van der Waals surface area contributed by atoms with Gasteiger partial charge in [-0.2, -0.15) is 0 Å². The fourth-order valence-electron chi connectivity index (χ4n) is 0.747. The van der Waals surface area contributed by atoms with E-state index in [0.717, 1.165) is 0 Å². The van der Waals surface area contributed by atoms with Crippen LogP contribution < -0.4 is 0 Å². The largest absolute Gasteiger partial charge is 0.362 e. The van der Waals surface area contributed by atoms with Crippen LogP contribution in [0.1, 0.15) is 0 Å². The van der Waals surface area contributed by atoms with E-state index in [-0.39, 0.29) is 25.0 Å². The molecule has 0 aliphatic carbocycles. The normalized spacial score (nSPS) is 20.5. The highest BCUT2D eigenvalue weighted by atomic mass is 16.5.